The fraction of sp³-hybridized carbons (Fsp3) is 0.593. The second-order valence-electron chi connectivity index (χ2n) is 11.3. The van der Waals surface area contributed by atoms with Crippen molar-refractivity contribution in [1.29, 1.82) is 0 Å². The zero-order valence-corrected chi connectivity index (χ0v) is 23.4. The number of aryl methyl sites for hydroxylation is 1. The first-order valence-electron chi connectivity index (χ1n) is 12.8. The molecule has 1 aromatic heterocycles. The van der Waals surface area contributed by atoms with Gasteiger partial charge in [0.1, 0.15) is 5.92 Å². The van der Waals surface area contributed by atoms with Crippen molar-refractivity contribution in [2.24, 2.45) is 11.3 Å². The molecule has 1 saturated heterocycles. The number of carboxylic acid groups (broad SMARTS) is 3. The number of hydrogen-bond donors (Lipinski definition) is 5. The number of nitrogens with one attached hydrogen (secondary N) is 1. The van der Waals surface area contributed by atoms with E-state index < -0.39 is 59.0 Å². The molecule has 10 nitrogen and oxygen atoms in total. The van der Waals surface area contributed by atoms with E-state index in [0.717, 1.165) is 11.3 Å². The number of thiophene rings is 1. The van der Waals surface area contributed by atoms with Crippen molar-refractivity contribution in [1.82, 2.24) is 10.2 Å². The van der Waals surface area contributed by atoms with Crippen LogP contribution in [0.15, 0.2) is 41.4 Å². The average molecular weight is 587 g/mol. The van der Waals surface area contributed by atoms with Crippen molar-refractivity contribution >= 4 is 29.2 Å². The molecule has 1 aromatic rings. The smallest absolute Gasteiger partial charge is 0.345 e. The van der Waals surface area contributed by atoms with E-state index in [1.807, 2.05) is 31.4 Å². The topological polar surface area (TPSA) is 157 Å². The highest BCUT2D eigenvalue weighted by Crippen LogP contribution is 2.43. The maximum atomic E-state index is 13.0. The molecule has 3 rings (SSSR count). The molecule has 1 fully saturated rings. The Morgan fingerprint density at radius 3 is 2.45 bits per heavy atom. The summed E-state index contributed by atoms with van der Waals surface area (Å²) >= 11 is 1.61. The van der Waals surface area contributed by atoms with Gasteiger partial charge in [0.25, 0.3) is 0 Å². The van der Waals surface area contributed by atoms with Gasteiger partial charge < -0.3 is 30.5 Å². The van der Waals surface area contributed by atoms with E-state index in [9.17, 15) is 38.5 Å². The third-order valence-electron chi connectivity index (χ3n) is 8.20. The number of aliphatic carboxylic acids is 3. The Kier molecular flexibility index (Phi) is 9.44. The van der Waals surface area contributed by atoms with E-state index >= 15 is 0 Å². The van der Waals surface area contributed by atoms with Gasteiger partial charge in [0.05, 0.1) is 18.6 Å². The zero-order valence-electron chi connectivity index (χ0n) is 22.6. The third kappa shape index (κ3) is 6.70. The van der Waals surface area contributed by atoms with Gasteiger partial charge >= 0.3 is 24.5 Å². The Hall–Kier alpha value is -2.87. The van der Waals surface area contributed by atoms with Gasteiger partial charge in [0.2, 0.25) is 0 Å². The van der Waals surface area contributed by atoms with Crippen molar-refractivity contribution in [3.63, 3.8) is 0 Å². The fourth-order valence-electron chi connectivity index (χ4n) is 5.71. The van der Waals surface area contributed by atoms with E-state index in [1.165, 1.54) is 19.2 Å². The van der Waals surface area contributed by atoms with E-state index in [1.54, 1.807) is 17.4 Å². The molecule has 3 unspecified atom stereocenters. The van der Waals surface area contributed by atoms with Crippen molar-refractivity contribution in [3.8, 4) is 0 Å². The van der Waals surface area contributed by atoms with E-state index in [2.05, 4.69) is 10.2 Å². The molecule has 0 amide bonds. The number of hydrogen-bond acceptors (Lipinski definition) is 8. The third-order valence-corrected chi connectivity index (χ3v) is 9.13. The minimum atomic E-state index is -3.09. The van der Waals surface area contributed by atoms with Crippen LogP contribution in [0.1, 0.15) is 44.9 Å². The Labute approximate surface area is 234 Å². The van der Waals surface area contributed by atoms with Crippen molar-refractivity contribution in [2.45, 2.75) is 69.7 Å². The molecule has 2 aliphatic rings. The fourth-order valence-corrected chi connectivity index (χ4v) is 6.42. The molecule has 4 atom stereocenters. The van der Waals surface area contributed by atoms with Crippen LogP contribution in [0, 0.1) is 11.3 Å². The average Bonchev–Trinajstić information content (AvgIpc) is 3.52. The van der Waals surface area contributed by atoms with Gasteiger partial charge in [-0.3, -0.25) is 14.5 Å². The lowest BCUT2D eigenvalue weighted by atomic mass is 9.70. The van der Waals surface area contributed by atoms with Crippen LogP contribution in [-0.4, -0.2) is 86.2 Å². The first kappa shape index (κ1) is 31.7. The maximum Gasteiger partial charge on any atom is 0.345 e. The molecule has 0 aliphatic carbocycles. The summed E-state index contributed by atoms with van der Waals surface area (Å²) in [4.78, 5) is 38.6. The summed E-state index contributed by atoms with van der Waals surface area (Å²) < 4.78 is 30.8. The quantitative estimate of drug-likeness (QED) is 0.219. The molecule has 0 radical (unpaired) electrons. The van der Waals surface area contributed by atoms with Crippen molar-refractivity contribution in [2.75, 3.05) is 19.7 Å². The summed E-state index contributed by atoms with van der Waals surface area (Å²) in [5.41, 5.74) is -5.18. The van der Waals surface area contributed by atoms with Crippen LogP contribution >= 0.6 is 11.3 Å². The number of dihydropyridines is 1. The highest BCUT2D eigenvalue weighted by atomic mass is 32.1. The number of ether oxygens (including phenoxy) is 1. The highest BCUT2D eigenvalue weighted by molar-refractivity contribution is 7.09. The number of rotatable bonds is 14. The van der Waals surface area contributed by atoms with Gasteiger partial charge in [0.15, 0.2) is 5.60 Å². The second kappa shape index (κ2) is 11.9. The van der Waals surface area contributed by atoms with Crippen LogP contribution in [0.3, 0.4) is 0 Å². The molecule has 0 aromatic carbocycles. The van der Waals surface area contributed by atoms with Crippen LogP contribution in [0.4, 0.5) is 8.78 Å². The standard InChI is InChI=1S/C27H36F2N2O8S/c1-24(2,31-11-10-26(15-31,16-39-23(28)29)9-7-18-5-4-12-40-18)17-6-8-25(3,30-14-17)20(21(34)35)27(38,22(36)37)13-19(32)33/h4-6,8,12,14,20,23,30,38H,7,9-11,13,15-16H2,1-3H3,(H,32,33)(H,34,35)(H,36,37)/t20?,25-,26?,27?/m1/s1. The summed E-state index contributed by atoms with van der Waals surface area (Å²) in [5, 5.41) is 44.2. The van der Waals surface area contributed by atoms with Gasteiger partial charge in [-0.1, -0.05) is 18.2 Å². The zero-order chi connectivity index (χ0) is 29.9. The summed E-state index contributed by atoms with van der Waals surface area (Å²) in [6.07, 6.45) is 5.29. The van der Waals surface area contributed by atoms with Gasteiger partial charge in [-0.2, -0.15) is 8.78 Å². The minimum Gasteiger partial charge on any atom is -0.481 e. The first-order valence-corrected chi connectivity index (χ1v) is 13.7. The molecule has 0 saturated carbocycles. The van der Waals surface area contributed by atoms with Crippen LogP contribution in [-0.2, 0) is 25.5 Å². The molecular weight excluding hydrogens is 550 g/mol. The number of carboxylic acids is 3. The number of alkyl halides is 2. The van der Waals surface area contributed by atoms with Crippen LogP contribution < -0.4 is 5.32 Å². The molecule has 2 aliphatic heterocycles. The highest BCUT2D eigenvalue weighted by Gasteiger charge is 2.58. The number of aliphatic hydroxyl groups is 1. The molecule has 222 valence electrons. The summed E-state index contributed by atoms with van der Waals surface area (Å²) in [5.74, 6) is -7.36. The lowest BCUT2D eigenvalue weighted by Crippen LogP contribution is -2.63. The Morgan fingerprint density at radius 2 is 1.95 bits per heavy atom. The second-order valence-corrected chi connectivity index (χ2v) is 12.3. The Bertz CT molecular complexity index is 1160. The maximum absolute atomic E-state index is 13.0. The summed E-state index contributed by atoms with van der Waals surface area (Å²) in [6.45, 7) is 3.35. The summed E-state index contributed by atoms with van der Waals surface area (Å²) in [7, 11) is 0. The van der Waals surface area contributed by atoms with Gasteiger partial charge in [0, 0.05) is 28.6 Å². The predicted octanol–water partition coefficient (Wildman–Crippen LogP) is 3.18. The number of halogens is 2. The van der Waals surface area contributed by atoms with Gasteiger partial charge in [-0.25, -0.2) is 4.79 Å². The number of carbonyl (C=O) groups is 3. The largest absolute Gasteiger partial charge is 0.481 e. The van der Waals surface area contributed by atoms with Gasteiger partial charge in [-0.05, 0) is 63.6 Å². The Balaban J connectivity index is 1.81. The minimum absolute atomic E-state index is 0.0918. The molecular formula is C27H36F2N2O8S. The summed E-state index contributed by atoms with van der Waals surface area (Å²) in [6, 6.07) is 3.96. The molecule has 0 bridgehead atoms. The van der Waals surface area contributed by atoms with E-state index in [4.69, 9.17) is 9.84 Å². The normalized spacial score (nSPS) is 25.7. The predicted molar refractivity (Wildman–Crippen MR) is 142 cm³/mol. The van der Waals surface area contributed by atoms with E-state index in [-0.39, 0.29) is 6.61 Å². The van der Waals surface area contributed by atoms with Crippen LogP contribution in [0.25, 0.3) is 0 Å². The molecule has 0 spiro atoms. The van der Waals surface area contributed by atoms with Crippen molar-refractivity contribution in [3.05, 3.63) is 46.3 Å². The van der Waals surface area contributed by atoms with E-state index in [0.29, 0.717) is 31.5 Å². The molecule has 13 heteroatoms. The monoisotopic (exact) mass is 586 g/mol. The van der Waals surface area contributed by atoms with Crippen molar-refractivity contribution < 1.29 is 48.3 Å². The SMILES string of the molecule is CC(C)(C1=CN[C@@](C)(C(C(=O)O)C(O)(CC(=O)O)C(=O)O)C=C1)N1CCC(CCc2cccs2)(COC(F)F)C1. The number of nitrogens with zero attached hydrogens (tertiary/aromatic N) is 1. The molecule has 40 heavy (non-hydrogen) atoms. The van der Waals surface area contributed by atoms with Gasteiger partial charge in [-0.15, -0.1) is 11.3 Å². The number of likely N-dealkylation sites (tertiary alicyclic amines) is 1. The van der Waals surface area contributed by atoms with Crippen LogP contribution in [0.5, 0.6) is 0 Å². The first-order chi connectivity index (χ1) is 18.5. The lowest BCUT2D eigenvalue weighted by Gasteiger charge is -2.44. The lowest BCUT2D eigenvalue weighted by molar-refractivity contribution is -0.182. The molecule has 3 heterocycles. The molecule has 5 N–H and O–H groups in total. The Morgan fingerprint density at radius 1 is 1.25 bits per heavy atom. The van der Waals surface area contributed by atoms with Crippen LogP contribution in [0.2, 0.25) is 0 Å².